The number of nitrogens with one attached hydrogen (secondary N) is 1. The van der Waals surface area contributed by atoms with E-state index in [-0.39, 0.29) is 18.2 Å². The van der Waals surface area contributed by atoms with Crippen LogP contribution in [0.1, 0.15) is 37.0 Å². The SMILES string of the molecule is CCCCN(CC)S(=O)(=O)CCNC(=O)c1ccccc1. The second kappa shape index (κ2) is 8.79. The van der Waals surface area contributed by atoms with Crippen molar-refractivity contribution < 1.29 is 13.2 Å². The molecule has 1 rings (SSSR count). The molecule has 0 fully saturated rings. The van der Waals surface area contributed by atoms with E-state index in [1.165, 1.54) is 4.31 Å². The van der Waals surface area contributed by atoms with Gasteiger partial charge in [-0.05, 0) is 18.6 Å². The van der Waals surface area contributed by atoms with Crippen molar-refractivity contribution in [2.45, 2.75) is 26.7 Å². The molecule has 0 aliphatic carbocycles. The first-order valence-corrected chi connectivity index (χ1v) is 8.93. The summed E-state index contributed by atoms with van der Waals surface area (Å²) in [5, 5.41) is 2.65. The minimum Gasteiger partial charge on any atom is -0.351 e. The van der Waals surface area contributed by atoms with Crippen LogP contribution in [0.3, 0.4) is 0 Å². The fourth-order valence-corrected chi connectivity index (χ4v) is 3.36. The molecule has 0 spiro atoms. The van der Waals surface area contributed by atoms with Gasteiger partial charge in [0.15, 0.2) is 0 Å². The molecule has 5 nitrogen and oxygen atoms in total. The van der Waals surface area contributed by atoms with Crippen LogP contribution in [0.15, 0.2) is 30.3 Å². The molecule has 1 N–H and O–H groups in total. The number of carbonyl (C=O) groups is 1. The van der Waals surface area contributed by atoms with Crippen molar-refractivity contribution >= 4 is 15.9 Å². The van der Waals surface area contributed by atoms with Crippen LogP contribution in [0.25, 0.3) is 0 Å². The van der Waals surface area contributed by atoms with Crippen LogP contribution in [-0.2, 0) is 10.0 Å². The van der Waals surface area contributed by atoms with Gasteiger partial charge in [0, 0.05) is 25.2 Å². The van der Waals surface area contributed by atoms with Crippen molar-refractivity contribution in [1.82, 2.24) is 9.62 Å². The topological polar surface area (TPSA) is 66.5 Å². The second-order valence-electron chi connectivity index (χ2n) is 4.78. The number of nitrogens with zero attached hydrogens (tertiary/aromatic N) is 1. The summed E-state index contributed by atoms with van der Waals surface area (Å²) in [6, 6.07) is 8.77. The van der Waals surface area contributed by atoms with Gasteiger partial charge in [0.2, 0.25) is 10.0 Å². The van der Waals surface area contributed by atoms with E-state index >= 15 is 0 Å². The van der Waals surface area contributed by atoms with E-state index in [9.17, 15) is 13.2 Å². The van der Waals surface area contributed by atoms with Gasteiger partial charge in [-0.1, -0.05) is 38.5 Å². The molecule has 1 amide bonds. The Labute approximate surface area is 127 Å². The average molecular weight is 312 g/mol. The molecular weight excluding hydrogens is 288 g/mol. The zero-order chi connectivity index (χ0) is 15.7. The normalized spacial score (nSPS) is 11.6. The highest BCUT2D eigenvalue weighted by atomic mass is 32.2. The lowest BCUT2D eigenvalue weighted by Crippen LogP contribution is -2.38. The molecule has 0 radical (unpaired) electrons. The van der Waals surface area contributed by atoms with Crippen molar-refractivity contribution in [3.8, 4) is 0 Å². The summed E-state index contributed by atoms with van der Waals surface area (Å²) < 4.78 is 25.8. The van der Waals surface area contributed by atoms with Crippen LogP contribution in [0.5, 0.6) is 0 Å². The fourth-order valence-electron chi connectivity index (χ4n) is 1.94. The summed E-state index contributed by atoms with van der Waals surface area (Å²) in [5.74, 6) is -0.314. The maximum absolute atomic E-state index is 12.2. The third-order valence-corrected chi connectivity index (χ3v) is 5.14. The minimum atomic E-state index is -3.30. The van der Waals surface area contributed by atoms with Gasteiger partial charge in [0.25, 0.3) is 5.91 Å². The Bertz CT molecular complexity index is 529. The van der Waals surface area contributed by atoms with E-state index in [0.717, 1.165) is 12.8 Å². The number of amides is 1. The third kappa shape index (κ3) is 5.85. The lowest BCUT2D eigenvalue weighted by Gasteiger charge is -2.20. The molecule has 0 saturated heterocycles. The second-order valence-corrected chi connectivity index (χ2v) is 6.87. The smallest absolute Gasteiger partial charge is 0.251 e. The van der Waals surface area contributed by atoms with Crippen molar-refractivity contribution in [1.29, 1.82) is 0 Å². The fraction of sp³-hybridized carbons (Fsp3) is 0.533. The Morgan fingerprint density at radius 2 is 1.86 bits per heavy atom. The molecule has 6 heteroatoms. The van der Waals surface area contributed by atoms with E-state index in [0.29, 0.717) is 18.7 Å². The molecule has 0 bridgehead atoms. The van der Waals surface area contributed by atoms with Gasteiger partial charge < -0.3 is 5.32 Å². The highest BCUT2D eigenvalue weighted by molar-refractivity contribution is 7.89. The number of sulfonamides is 1. The first-order valence-electron chi connectivity index (χ1n) is 7.32. The molecular formula is C15H24N2O3S. The monoisotopic (exact) mass is 312 g/mol. The van der Waals surface area contributed by atoms with Gasteiger partial charge in [-0.3, -0.25) is 4.79 Å². The highest BCUT2D eigenvalue weighted by Crippen LogP contribution is 2.04. The largest absolute Gasteiger partial charge is 0.351 e. The number of carbonyl (C=O) groups excluding carboxylic acids is 1. The average Bonchev–Trinajstić information content (AvgIpc) is 2.48. The maximum Gasteiger partial charge on any atom is 0.251 e. The van der Waals surface area contributed by atoms with Gasteiger partial charge in [-0.2, -0.15) is 0 Å². The standard InChI is InChI=1S/C15H24N2O3S/c1-3-5-12-17(4-2)21(19,20)13-11-16-15(18)14-9-7-6-8-10-14/h6-10H,3-5,11-13H2,1-2H3,(H,16,18). The molecule has 0 aromatic heterocycles. The first-order chi connectivity index (χ1) is 10.0. The molecule has 0 heterocycles. The first kappa shape index (κ1) is 17.7. The van der Waals surface area contributed by atoms with E-state index in [4.69, 9.17) is 0 Å². The number of hydrogen-bond acceptors (Lipinski definition) is 3. The molecule has 0 saturated carbocycles. The zero-order valence-corrected chi connectivity index (χ0v) is 13.5. The Morgan fingerprint density at radius 3 is 2.43 bits per heavy atom. The van der Waals surface area contributed by atoms with Crippen LogP contribution >= 0.6 is 0 Å². The third-order valence-electron chi connectivity index (χ3n) is 3.19. The van der Waals surface area contributed by atoms with Crippen LogP contribution in [0.2, 0.25) is 0 Å². The van der Waals surface area contributed by atoms with Gasteiger partial charge in [-0.25, -0.2) is 12.7 Å². The Morgan fingerprint density at radius 1 is 1.19 bits per heavy atom. The lowest BCUT2D eigenvalue weighted by molar-refractivity contribution is 0.0956. The molecule has 1 aromatic carbocycles. The van der Waals surface area contributed by atoms with E-state index < -0.39 is 10.0 Å². The summed E-state index contributed by atoms with van der Waals surface area (Å²) in [6.45, 7) is 4.99. The zero-order valence-electron chi connectivity index (χ0n) is 12.7. The predicted molar refractivity (Wildman–Crippen MR) is 84.7 cm³/mol. The summed E-state index contributed by atoms with van der Waals surface area (Å²) in [6.07, 6.45) is 1.81. The van der Waals surface area contributed by atoms with Crippen molar-refractivity contribution in [2.75, 3.05) is 25.4 Å². The van der Waals surface area contributed by atoms with Crippen LogP contribution in [0, 0.1) is 0 Å². The van der Waals surface area contributed by atoms with Crippen LogP contribution in [-0.4, -0.2) is 44.0 Å². The summed E-state index contributed by atoms with van der Waals surface area (Å²) in [5.41, 5.74) is 0.535. The van der Waals surface area contributed by atoms with Gasteiger partial charge >= 0.3 is 0 Å². The van der Waals surface area contributed by atoms with Crippen LogP contribution < -0.4 is 5.32 Å². The molecule has 1 aromatic rings. The predicted octanol–water partition coefficient (Wildman–Crippen LogP) is 1.87. The van der Waals surface area contributed by atoms with Gasteiger partial charge in [0.1, 0.15) is 0 Å². The molecule has 21 heavy (non-hydrogen) atoms. The molecule has 118 valence electrons. The Kier molecular flexibility index (Phi) is 7.39. The highest BCUT2D eigenvalue weighted by Gasteiger charge is 2.19. The Hall–Kier alpha value is -1.40. The quantitative estimate of drug-likeness (QED) is 0.757. The molecule has 0 atom stereocenters. The lowest BCUT2D eigenvalue weighted by atomic mass is 10.2. The maximum atomic E-state index is 12.2. The molecule has 0 unspecified atom stereocenters. The minimum absolute atomic E-state index is 0.0663. The van der Waals surface area contributed by atoms with Gasteiger partial charge in [-0.15, -0.1) is 0 Å². The van der Waals surface area contributed by atoms with E-state index in [1.807, 2.05) is 19.9 Å². The van der Waals surface area contributed by atoms with E-state index in [2.05, 4.69) is 5.32 Å². The number of unbranched alkanes of at least 4 members (excludes halogenated alkanes) is 1. The summed E-state index contributed by atoms with van der Waals surface area (Å²) in [4.78, 5) is 11.8. The van der Waals surface area contributed by atoms with E-state index in [1.54, 1.807) is 24.3 Å². The van der Waals surface area contributed by atoms with Crippen molar-refractivity contribution in [3.05, 3.63) is 35.9 Å². The number of rotatable bonds is 9. The van der Waals surface area contributed by atoms with Crippen LogP contribution in [0.4, 0.5) is 0 Å². The van der Waals surface area contributed by atoms with Gasteiger partial charge in [0.05, 0.1) is 5.75 Å². The number of benzene rings is 1. The summed E-state index contributed by atoms with van der Waals surface area (Å²) in [7, 11) is -3.30. The van der Waals surface area contributed by atoms with Crippen molar-refractivity contribution in [3.63, 3.8) is 0 Å². The Balaban J connectivity index is 2.48. The number of hydrogen-bond donors (Lipinski definition) is 1. The van der Waals surface area contributed by atoms with Crippen molar-refractivity contribution in [2.24, 2.45) is 0 Å². The molecule has 0 aliphatic heterocycles. The summed E-state index contributed by atoms with van der Waals surface area (Å²) >= 11 is 0. The molecule has 0 aliphatic rings.